The Morgan fingerprint density at radius 3 is 2.86 bits per heavy atom. The molecule has 1 saturated carbocycles. The number of carbonyl (C=O) groups is 2. The first-order chi connectivity index (χ1) is 14.0. The smallest absolute Gasteiger partial charge is 0.224 e. The molecule has 0 radical (unpaired) electrons. The van der Waals surface area contributed by atoms with E-state index in [0.29, 0.717) is 18.2 Å². The van der Waals surface area contributed by atoms with Crippen molar-refractivity contribution in [3.63, 3.8) is 0 Å². The lowest BCUT2D eigenvalue weighted by Gasteiger charge is -2.28. The number of para-hydroxylation sites is 1. The standard InChI is InChI=1S/C22H27N5O2/c1-3-18(28)12-15-7-4-5-10-19(15)26-21-14(2)13-24-22(27-21)25-17-9-6-8-16(11-17)20(23)29/h3-5,7,10,13,16-17H,1,6,8-9,11-12H2,2H3,(H2,23,29)(H2,24,25,26,27). The molecule has 0 spiro atoms. The fourth-order valence-corrected chi connectivity index (χ4v) is 3.58. The number of aromatic nitrogens is 2. The van der Waals surface area contributed by atoms with E-state index in [1.165, 1.54) is 6.08 Å². The first kappa shape index (κ1) is 20.5. The highest BCUT2D eigenvalue weighted by Crippen LogP contribution is 2.27. The summed E-state index contributed by atoms with van der Waals surface area (Å²) >= 11 is 0. The number of ketones is 1. The lowest BCUT2D eigenvalue weighted by Crippen LogP contribution is -2.34. The number of nitrogens with one attached hydrogen (secondary N) is 2. The van der Waals surface area contributed by atoms with Crippen LogP contribution in [0.4, 0.5) is 17.5 Å². The SMILES string of the molecule is C=CC(=O)Cc1ccccc1Nc1nc(NC2CCCC(C(N)=O)C2)ncc1C. The van der Waals surface area contributed by atoms with Crippen LogP contribution in [0.5, 0.6) is 0 Å². The summed E-state index contributed by atoms with van der Waals surface area (Å²) in [5, 5.41) is 6.66. The van der Waals surface area contributed by atoms with E-state index in [1.54, 1.807) is 6.20 Å². The van der Waals surface area contributed by atoms with Crippen molar-refractivity contribution in [3.8, 4) is 0 Å². The normalized spacial score (nSPS) is 18.7. The fourth-order valence-electron chi connectivity index (χ4n) is 3.58. The summed E-state index contributed by atoms with van der Waals surface area (Å²) in [6.45, 7) is 5.46. The molecule has 1 aliphatic carbocycles. The first-order valence-corrected chi connectivity index (χ1v) is 9.86. The van der Waals surface area contributed by atoms with Crippen molar-refractivity contribution in [1.82, 2.24) is 9.97 Å². The summed E-state index contributed by atoms with van der Waals surface area (Å²) in [6.07, 6.45) is 6.81. The number of primary amides is 1. The monoisotopic (exact) mass is 393 g/mol. The third kappa shape index (κ3) is 5.40. The van der Waals surface area contributed by atoms with Gasteiger partial charge in [0.2, 0.25) is 11.9 Å². The minimum atomic E-state index is -0.241. The maximum absolute atomic E-state index is 11.8. The summed E-state index contributed by atoms with van der Waals surface area (Å²) in [5.41, 5.74) is 8.06. The topological polar surface area (TPSA) is 110 Å². The fraction of sp³-hybridized carbons (Fsp3) is 0.364. The zero-order valence-corrected chi connectivity index (χ0v) is 16.6. The van der Waals surface area contributed by atoms with Gasteiger partial charge in [-0.3, -0.25) is 9.59 Å². The number of amides is 1. The maximum Gasteiger partial charge on any atom is 0.224 e. The van der Waals surface area contributed by atoms with E-state index in [1.807, 2.05) is 31.2 Å². The molecule has 3 rings (SSSR count). The molecule has 1 aliphatic rings. The number of nitrogens with zero attached hydrogens (tertiary/aromatic N) is 2. The van der Waals surface area contributed by atoms with E-state index < -0.39 is 0 Å². The quantitative estimate of drug-likeness (QED) is 0.594. The second-order valence-corrected chi connectivity index (χ2v) is 7.46. The highest BCUT2D eigenvalue weighted by Gasteiger charge is 2.26. The minimum absolute atomic E-state index is 0.0395. The molecule has 2 aromatic rings. The van der Waals surface area contributed by atoms with Gasteiger partial charge in [0, 0.05) is 35.8 Å². The summed E-state index contributed by atoms with van der Waals surface area (Å²) < 4.78 is 0. The van der Waals surface area contributed by atoms with E-state index in [9.17, 15) is 9.59 Å². The Kier molecular flexibility index (Phi) is 6.59. The lowest BCUT2D eigenvalue weighted by atomic mass is 9.85. The van der Waals surface area contributed by atoms with Gasteiger partial charge in [0.1, 0.15) is 5.82 Å². The maximum atomic E-state index is 11.8. The number of benzene rings is 1. The van der Waals surface area contributed by atoms with Crippen LogP contribution in [-0.4, -0.2) is 27.7 Å². The molecule has 7 nitrogen and oxygen atoms in total. The van der Waals surface area contributed by atoms with Gasteiger partial charge in [0.05, 0.1) is 0 Å². The van der Waals surface area contributed by atoms with Crippen molar-refractivity contribution in [3.05, 3.63) is 54.2 Å². The molecular formula is C22H27N5O2. The zero-order chi connectivity index (χ0) is 20.8. The van der Waals surface area contributed by atoms with Crippen LogP contribution in [0.1, 0.15) is 36.8 Å². The van der Waals surface area contributed by atoms with Crippen LogP contribution in [0.3, 0.4) is 0 Å². The second-order valence-electron chi connectivity index (χ2n) is 7.46. The van der Waals surface area contributed by atoms with Crippen molar-refractivity contribution in [1.29, 1.82) is 0 Å². The summed E-state index contributed by atoms with van der Waals surface area (Å²) in [6, 6.07) is 7.75. The van der Waals surface area contributed by atoms with Gasteiger partial charge < -0.3 is 16.4 Å². The van der Waals surface area contributed by atoms with Crippen LogP contribution < -0.4 is 16.4 Å². The Morgan fingerprint density at radius 1 is 1.31 bits per heavy atom. The Morgan fingerprint density at radius 2 is 2.10 bits per heavy atom. The number of rotatable bonds is 8. The first-order valence-electron chi connectivity index (χ1n) is 9.86. The third-order valence-electron chi connectivity index (χ3n) is 5.24. The van der Waals surface area contributed by atoms with Crippen molar-refractivity contribution >= 4 is 29.1 Å². The summed E-state index contributed by atoms with van der Waals surface area (Å²) in [4.78, 5) is 32.3. The summed E-state index contributed by atoms with van der Waals surface area (Å²) in [7, 11) is 0. The predicted octanol–water partition coefficient (Wildman–Crippen LogP) is 3.28. The molecule has 152 valence electrons. The van der Waals surface area contributed by atoms with Gasteiger partial charge in [-0.1, -0.05) is 31.2 Å². The zero-order valence-electron chi connectivity index (χ0n) is 16.6. The number of allylic oxidation sites excluding steroid dienone is 1. The van der Waals surface area contributed by atoms with Gasteiger partial charge in [-0.05, 0) is 43.9 Å². The van der Waals surface area contributed by atoms with E-state index in [2.05, 4.69) is 27.2 Å². The largest absolute Gasteiger partial charge is 0.369 e. The number of aryl methyl sites for hydroxylation is 1. The number of carbonyl (C=O) groups excluding carboxylic acids is 2. The van der Waals surface area contributed by atoms with E-state index in [4.69, 9.17) is 5.73 Å². The third-order valence-corrected chi connectivity index (χ3v) is 5.24. The Hall–Kier alpha value is -3.22. The van der Waals surface area contributed by atoms with Crippen LogP contribution in [-0.2, 0) is 16.0 Å². The minimum Gasteiger partial charge on any atom is -0.369 e. The Labute approximate surface area is 170 Å². The van der Waals surface area contributed by atoms with E-state index in [0.717, 1.165) is 36.1 Å². The van der Waals surface area contributed by atoms with E-state index in [-0.39, 0.29) is 30.1 Å². The molecule has 1 aromatic heterocycles. The summed E-state index contributed by atoms with van der Waals surface area (Å²) in [5.74, 6) is 0.798. The molecule has 1 heterocycles. The molecular weight excluding hydrogens is 366 g/mol. The molecule has 2 unspecified atom stereocenters. The van der Waals surface area contributed by atoms with Gasteiger partial charge in [0.25, 0.3) is 0 Å². The van der Waals surface area contributed by atoms with Crippen molar-refractivity contribution < 1.29 is 9.59 Å². The molecule has 0 bridgehead atoms. The molecule has 0 aliphatic heterocycles. The van der Waals surface area contributed by atoms with Crippen LogP contribution >= 0.6 is 0 Å². The Balaban J connectivity index is 1.76. The predicted molar refractivity (Wildman–Crippen MR) is 114 cm³/mol. The van der Waals surface area contributed by atoms with Crippen LogP contribution in [0.15, 0.2) is 43.1 Å². The van der Waals surface area contributed by atoms with Crippen molar-refractivity contribution in [2.24, 2.45) is 11.7 Å². The lowest BCUT2D eigenvalue weighted by molar-refractivity contribution is -0.122. The number of hydrogen-bond acceptors (Lipinski definition) is 6. The average Bonchev–Trinajstić information content (AvgIpc) is 2.72. The molecule has 1 fully saturated rings. The van der Waals surface area contributed by atoms with Crippen molar-refractivity contribution in [2.75, 3.05) is 10.6 Å². The number of nitrogens with two attached hydrogens (primary N) is 1. The van der Waals surface area contributed by atoms with Gasteiger partial charge in [0.15, 0.2) is 5.78 Å². The second kappa shape index (κ2) is 9.32. The van der Waals surface area contributed by atoms with Gasteiger partial charge in [-0.25, -0.2) is 4.98 Å². The molecule has 1 aromatic carbocycles. The molecule has 0 saturated heterocycles. The number of anilines is 3. The van der Waals surface area contributed by atoms with Crippen LogP contribution in [0, 0.1) is 12.8 Å². The van der Waals surface area contributed by atoms with E-state index >= 15 is 0 Å². The van der Waals surface area contributed by atoms with Gasteiger partial charge >= 0.3 is 0 Å². The number of hydrogen-bond donors (Lipinski definition) is 3. The van der Waals surface area contributed by atoms with Crippen molar-refractivity contribution in [2.45, 2.75) is 45.1 Å². The average molecular weight is 393 g/mol. The Bertz CT molecular complexity index is 912. The molecule has 1 amide bonds. The molecule has 29 heavy (non-hydrogen) atoms. The molecule has 4 N–H and O–H groups in total. The van der Waals surface area contributed by atoms with Gasteiger partial charge in [-0.15, -0.1) is 0 Å². The van der Waals surface area contributed by atoms with Crippen LogP contribution in [0.25, 0.3) is 0 Å². The highest BCUT2D eigenvalue weighted by molar-refractivity contribution is 5.92. The van der Waals surface area contributed by atoms with Gasteiger partial charge in [-0.2, -0.15) is 4.98 Å². The molecule has 7 heteroatoms. The van der Waals surface area contributed by atoms with Crippen LogP contribution in [0.2, 0.25) is 0 Å². The molecule has 2 atom stereocenters. The highest BCUT2D eigenvalue weighted by atomic mass is 16.1.